The lowest BCUT2D eigenvalue weighted by Gasteiger charge is -2.32. The van der Waals surface area contributed by atoms with Crippen LogP contribution in [0.5, 0.6) is 0 Å². The van der Waals surface area contributed by atoms with Gasteiger partial charge in [0.15, 0.2) is 0 Å². The number of benzene rings is 2. The Morgan fingerprint density at radius 1 is 1.21 bits per heavy atom. The molecule has 0 radical (unpaired) electrons. The predicted octanol–water partition coefficient (Wildman–Crippen LogP) is 4.04. The van der Waals surface area contributed by atoms with E-state index in [9.17, 15) is 31.5 Å². The molecule has 2 unspecified atom stereocenters. The van der Waals surface area contributed by atoms with Gasteiger partial charge >= 0.3 is 6.18 Å². The molecule has 2 atom stereocenters. The lowest BCUT2D eigenvalue weighted by molar-refractivity contribution is -0.139. The molecule has 10 heteroatoms. The van der Waals surface area contributed by atoms with Crippen molar-refractivity contribution in [1.82, 2.24) is 9.62 Å². The minimum absolute atomic E-state index is 0.0186. The first-order valence-corrected chi connectivity index (χ1v) is 12.1. The maximum absolute atomic E-state index is 13.2. The maximum Gasteiger partial charge on any atom is 0.416 e. The monoisotopic (exact) mass is 484 g/mol. The Hall–Kier alpha value is -2.43. The molecule has 0 aliphatic carbocycles. The highest BCUT2D eigenvalue weighted by atomic mass is 32.2. The number of halogens is 3. The van der Waals surface area contributed by atoms with Gasteiger partial charge in [-0.15, -0.1) is 0 Å². The van der Waals surface area contributed by atoms with Gasteiger partial charge in [0.25, 0.3) is 5.91 Å². The Morgan fingerprint density at radius 2 is 1.91 bits per heavy atom. The molecular formula is C23H27F3N2O4S. The number of aliphatic hydroxyl groups is 1. The summed E-state index contributed by atoms with van der Waals surface area (Å²) in [6.45, 7) is 3.41. The van der Waals surface area contributed by atoms with Crippen LogP contribution in [0.1, 0.15) is 59.3 Å². The zero-order chi connectivity index (χ0) is 24.4. The van der Waals surface area contributed by atoms with Crippen LogP contribution in [0.25, 0.3) is 0 Å². The van der Waals surface area contributed by atoms with E-state index in [1.807, 2.05) is 6.92 Å². The summed E-state index contributed by atoms with van der Waals surface area (Å²) in [5.74, 6) is -0.681. The van der Waals surface area contributed by atoms with E-state index in [2.05, 4.69) is 5.32 Å². The summed E-state index contributed by atoms with van der Waals surface area (Å²) in [7, 11) is -3.80. The molecule has 2 N–H and O–H groups in total. The Bertz CT molecular complexity index is 1120. The van der Waals surface area contributed by atoms with Crippen molar-refractivity contribution in [3.63, 3.8) is 0 Å². The van der Waals surface area contributed by atoms with Gasteiger partial charge in [-0.3, -0.25) is 4.79 Å². The van der Waals surface area contributed by atoms with Crippen LogP contribution in [-0.2, 0) is 16.2 Å². The minimum Gasteiger partial charge on any atom is -0.387 e. The van der Waals surface area contributed by atoms with Gasteiger partial charge in [-0.05, 0) is 56.0 Å². The van der Waals surface area contributed by atoms with Gasteiger partial charge in [0.1, 0.15) is 0 Å². The topological polar surface area (TPSA) is 86.7 Å². The lowest BCUT2D eigenvalue weighted by Crippen LogP contribution is -2.42. The van der Waals surface area contributed by atoms with E-state index in [0.717, 1.165) is 31.4 Å². The largest absolute Gasteiger partial charge is 0.416 e. The van der Waals surface area contributed by atoms with Crippen LogP contribution >= 0.6 is 0 Å². The number of sulfonamides is 1. The van der Waals surface area contributed by atoms with Crippen molar-refractivity contribution in [3.8, 4) is 0 Å². The summed E-state index contributed by atoms with van der Waals surface area (Å²) in [5, 5.41) is 12.7. The Morgan fingerprint density at radius 3 is 2.58 bits per heavy atom. The van der Waals surface area contributed by atoms with Gasteiger partial charge in [0.05, 0.1) is 16.6 Å². The van der Waals surface area contributed by atoms with Gasteiger partial charge in [0, 0.05) is 24.7 Å². The van der Waals surface area contributed by atoms with E-state index in [1.165, 1.54) is 34.6 Å². The number of aryl methyl sites for hydroxylation is 1. The summed E-state index contributed by atoms with van der Waals surface area (Å²) in [6.07, 6.45) is -3.76. The van der Waals surface area contributed by atoms with Crippen molar-refractivity contribution >= 4 is 15.9 Å². The fourth-order valence-electron chi connectivity index (χ4n) is 4.01. The Balaban J connectivity index is 1.79. The third-order valence-electron chi connectivity index (χ3n) is 5.88. The van der Waals surface area contributed by atoms with Crippen LogP contribution in [0.4, 0.5) is 13.2 Å². The second-order valence-electron chi connectivity index (χ2n) is 8.25. The zero-order valence-corrected chi connectivity index (χ0v) is 19.2. The molecule has 3 rings (SSSR count). The average Bonchev–Trinajstić information content (AvgIpc) is 2.77. The molecule has 6 nitrogen and oxygen atoms in total. The molecule has 180 valence electrons. The molecule has 1 fully saturated rings. The Labute approximate surface area is 191 Å². The van der Waals surface area contributed by atoms with Crippen LogP contribution in [0, 0.1) is 6.92 Å². The third-order valence-corrected chi connectivity index (χ3v) is 7.89. The molecule has 1 amide bonds. The number of hydrogen-bond acceptors (Lipinski definition) is 4. The molecule has 33 heavy (non-hydrogen) atoms. The molecular weight excluding hydrogens is 457 g/mol. The van der Waals surface area contributed by atoms with Crippen LogP contribution in [-0.4, -0.2) is 42.9 Å². The summed E-state index contributed by atoms with van der Waals surface area (Å²) in [5.41, 5.74) is -0.746. The van der Waals surface area contributed by atoms with Crippen molar-refractivity contribution in [3.05, 3.63) is 64.7 Å². The SMILES string of the molecule is Cc1ccc(S(=O)(=O)N2CCCCC2C)cc1C(=O)NCC(O)c1ccccc1C(F)(F)F. The number of nitrogens with zero attached hydrogens (tertiary/aromatic N) is 1. The molecule has 1 aliphatic rings. The van der Waals surface area contributed by atoms with Gasteiger partial charge in [-0.1, -0.05) is 30.7 Å². The van der Waals surface area contributed by atoms with Crippen molar-refractivity contribution in [2.24, 2.45) is 0 Å². The van der Waals surface area contributed by atoms with Crippen molar-refractivity contribution in [1.29, 1.82) is 0 Å². The first-order chi connectivity index (χ1) is 15.4. The summed E-state index contributed by atoms with van der Waals surface area (Å²) >= 11 is 0. The number of carbonyl (C=O) groups is 1. The number of carbonyl (C=O) groups excluding carboxylic acids is 1. The number of aliphatic hydroxyl groups excluding tert-OH is 1. The van der Waals surface area contributed by atoms with E-state index < -0.39 is 40.3 Å². The molecule has 0 bridgehead atoms. The third kappa shape index (κ3) is 5.56. The first-order valence-electron chi connectivity index (χ1n) is 10.7. The molecule has 2 aromatic carbocycles. The second-order valence-corrected chi connectivity index (χ2v) is 10.1. The predicted molar refractivity (Wildman–Crippen MR) is 117 cm³/mol. The van der Waals surface area contributed by atoms with E-state index in [1.54, 1.807) is 6.92 Å². The molecule has 0 aromatic heterocycles. The standard InChI is InChI=1S/C23H27F3N2O4S/c1-15-10-11-17(33(31,32)28-12-6-5-7-16(28)2)13-19(15)22(30)27-14-21(29)18-8-3-4-9-20(18)23(24,25)26/h3-4,8-11,13,16,21,29H,5-7,12,14H2,1-2H3,(H,27,30). The highest BCUT2D eigenvalue weighted by Crippen LogP contribution is 2.34. The van der Waals surface area contributed by atoms with Gasteiger partial charge in [-0.2, -0.15) is 17.5 Å². The van der Waals surface area contributed by atoms with Gasteiger partial charge < -0.3 is 10.4 Å². The smallest absolute Gasteiger partial charge is 0.387 e. The molecule has 1 aliphatic heterocycles. The van der Waals surface area contributed by atoms with Crippen LogP contribution in [0.15, 0.2) is 47.4 Å². The van der Waals surface area contributed by atoms with E-state index >= 15 is 0 Å². The Kier molecular flexibility index (Phi) is 7.50. The van der Waals surface area contributed by atoms with Crippen molar-refractivity contribution in [2.45, 2.75) is 56.3 Å². The number of piperidine rings is 1. The van der Waals surface area contributed by atoms with Crippen LogP contribution in [0.3, 0.4) is 0 Å². The second kappa shape index (κ2) is 9.82. The fraction of sp³-hybridized carbons (Fsp3) is 0.435. The maximum atomic E-state index is 13.2. The molecule has 0 saturated carbocycles. The zero-order valence-electron chi connectivity index (χ0n) is 18.4. The lowest BCUT2D eigenvalue weighted by atomic mass is 10.0. The number of rotatable bonds is 6. The summed E-state index contributed by atoms with van der Waals surface area (Å²) in [6, 6.07) is 8.69. The van der Waals surface area contributed by atoms with E-state index in [4.69, 9.17) is 0 Å². The first kappa shape index (κ1) is 25.2. The minimum atomic E-state index is -4.65. The van der Waals surface area contributed by atoms with Crippen LogP contribution < -0.4 is 5.32 Å². The number of hydrogen-bond donors (Lipinski definition) is 2. The van der Waals surface area contributed by atoms with Crippen LogP contribution in [0.2, 0.25) is 0 Å². The van der Waals surface area contributed by atoms with E-state index in [0.29, 0.717) is 12.1 Å². The van der Waals surface area contributed by atoms with Gasteiger partial charge in [0.2, 0.25) is 10.0 Å². The van der Waals surface area contributed by atoms with Crippen molar-refractivity contribution in [2.75, 3.05) is 13.1 Å². The number of nitrogens with one attached hydrogen (secondary N) is 1. The highest BCUT2D eigenvalue weighted by molar-refractivity contribution is 7.89. The van der Waals surface area contributed by atoms with Gasteiger partial charge in [-0.25, -0.2) is 8.42 Å². The fourth-order valence-corrected chi connectivity index (χ4v) is 5.74. The summed E-state index contributed by atoms with van der Waals surface area (Å²) < 4.78 is 67.3. The van der Waals surface area contributed by atoms with E-state index in [-0.39, 0.29) is 22.1 Å². The highest BCUT2D eigenvalue weighted by Gasteiger charge is 2.35. The number of amides is 1. The summed E-state index contributed by atoms with van der Waals surface area (Å²) in [4.78, 5) is 12.7. The molecule has 1 heterocycles. The molecule has 2 aromatic rings. The average molecular weight is 485 g/mol. The quantitative estimate of drug-likeness (QED) is 0.648. The normalized spacial score (nSPS) is 18.7. The molecule has 1 saturated heterocycles. The number of alkyl halides is 3. The molecule has 0 spiro atoms. The van der Waals surface area contributed by atoms with Crippen molar-refractivity contribution < 1.29 is 31.5 Å².